The van der Waals surface area contributed by atoms with Gasteiger partial charge in [0, 0.05) is 6.04 Å². The summed E-state index contributed by atoms with van der Waals surface area (Å²) < 4.78 is 32.2. The summed E-state index contributed by atoms with van der Waals surface area (Å²) in [5, 5.41) is 0. The second kappa shape index (κ2) is 5.68. The molecule has 0 amide bonds. The van der Waals surface area contributed by atoms with Gasteiger partial charge in [0.1, 0.15) is 0 Å². The highest BCUT2D eigenvalue weighted by molar-refractivity contribution is 7.83. The van der Waals surface area contributed by atoms with Crippen LogP contribution in [0.1, 0.15) is 51.4 Å². The Bertz CT molecular complexity index is 241. The highest BCUT2D eigenvalue weighted by Gasteiger charge is 2.15. The molecule has 2 N–H and O–H groups in total. The molecule has 0 saturated heterocycles. The number of hydrogen-bond donors (Lipinski definition) is 2. The first-order valence-corrected chi connectivity index (χ1v) is 6.77. The van der Waals surface area contributed by atoms with Crippen LogP contribution in [0.4, 0.5) is 0 Å². The lowest BCUT2D eigenvalue weighted by Crippen LogP contribution is -2.34. The zero-order valence-electron chi connectivity index (χ0n) is 8.41. The van der Waals surface area contributed by atoms with Gasteiger partial charge in [-0.1, -0.05) is 38.5 Å². The summed E-state index contributed by atoms with van der Waals surface area (Å²) in [6.45, 7) is 0. The topological polar surface area (TPSA) is 66.4 Å². The first kappa shape index (κ1) is 11.9. The lowest BCUT2D eigenvalue weighted by atomic mass is 10.1. The molecule has 0 unspecified atom stereocenters. The van der Waals surface area contributed by atoms with Gasteiger partial charge >= 0.3 is 10.3 Å². The Balaban J connectivity index is 2.40. The largest absolute Gasteiger partial charge is 0.333 e. The maximum Gasteiger partial charge on any atom is 0.333 e. The van der Waals surface area contributed by atoms with Crippen molar-refractivity contribution in [1.29, 1.82) is 0 Å². The number of hydrogen-bond acceptors (Lipinski definition) is 2. The third-order valence-corrected chi connectivity index (χ3v) is 3.30. The number of nitrogens with one attached hydrogen (secondary N) is 1. The Morgan fingerprint density at radius 2 is 1.36 bits per heavy atom. The summed E-state index contributed by atoms with van der Waals surface area (Å²) in [6, 6.07) is -0.0666. The van der Waals surface area contributed by atoms with Crippen molar-refractivity contribution in [1.82, 2.24) is 4.72 Å². The monoisotopic (exact) mass is 221 g/mol. The molecule has 1 aliphatic rings. The molecule has 1 rings (SSSR count). The van der Waals surface area contributed by atoms with E-state index in [0.29, 0.717) is 0 Å². The highest BCUT2D eigenvalue weighted by Crippen LogP contribution is 2.17. The molecular formula is C9H19NO3S. The normalized spacial score (nSPS) is 22.4. The van der Waals surface area contributed by atoms with Gasteiger partial charge in [0.2, 0.25) is 0 Å². The molecule has 0 spiro atoms. The third-order valence-electron chi connectivity index (χ3n) is 2.67. The molecule has 0 heterocycles. The van der Waals surface area contributed by atoms with E-state index in [9.17, 15) is 8.42 Å². The van der Waals surface area contributed by atoms with Gasteiger partial charge in [-0.25, -0.2) is 0 Å². The van der Waals surface area contributed by atoms with E-state index in [0.717, 1.165) is 25.7 Å². The minimum Gasteiger partial charge on any atom is -0.273 e. The van der Waals surface area contributed by atoms with Gasteiger partial charge in [0.25, 0.3) is 0 Å². The van der Waals surface area contributed by atoms with Gasteiger partial charge in [-0.05, 0) is 12.8 Å². The van der Waals surface area contributed by atoms with Crippen molar-refractivity contribution >= 4 is 10.3 Å². The third kappa shape index (κ3) is 5.57. The van der Waals surface area contributed by atoms with Crippen molar-refractivity contribution in [2.45, 2.75) is 57.4 Å². The second-order valence-corrected chi connectivity index (χ2v) is 5.17. The fourth-order valence-electron chi connectivity index (χ4n) is 1.96. The van der Waals surface area contributed by atoms with Gasteiger partial charge in [0.05, 0.1) is 0 Å². The van der Waals surface area contributed by atoms with Crippen molar-refractivity contribution in [2.24, 2.45) is 0 Å². The van der Waals surface area contributed by atoms with E-state index < -0.39 is 10.3 Å². The maximum atomic E-state index is 10.6. The van der Waals surface area contributed by atoms with Crippen LogP contribution in [0.15, 0.2) is 0 Å². The van der Waals surface area contributed by atoms with Crippen molar-refractivity contribution in [2.75, 3.05) is 0 Å². The van der Waals surface area contributed by atoms with Crippen LogP contribution in [0.5, 0.6) is 0 Å². The molecule has 0 bridgehead atoms. The highest BCUT2D eigenvalue weighted by atomic mass is 32.2. The molecular weight excluding hydrogens is 202 g/mol. The van der Waals surface area contributed by atoms with Gasteiger partial charge in [-0.15, -0.1) is 0 Å². The van der Waals surface area contributed by atoms with Crippen LogP contribution in [0.25, 0.3) is 0 Å². The quantitative estimate of drug-likeness (QED) is 0.700. The standard InChI is InChI=1S/C9H19NO3S/c11-14(12,13)10-9-7-5-3-1-2-4-6-8-9/h9-10H,1-8H2,(H,11,12,13). The lowest BCUT2D eigenvalue weighted by molar-refractivity contribution is 0.427. The lowest BCUT2D eigenvalue weighted by Gasteiger charge is -2.14. The van der Waals surface area contributed by atoms with Crippen molar-refractivity contribution in [3.63, 3.8) is 0 Å². The van der Waals surface area contributed by atoms with Gasteiger partial charge in [0.15, 0.2) is 0 Å². The predicted octanol–water partition coefficient (Wildman–Crippen LogP) is 1.88. The van der Waals surface area contributed by atoms with Crippen LogP contribution in [-0.4, -0.2) is 19.0 Å². The first-order valence-electron chi connectivity index (χ1n) is 5.33. The van der Waals surface area contributed by atoms with Crippen LogP contribution in [-0.2, 0) is 10.3 Å². The summed E-state index contributed by atoms with van der Waals surface area (Å²) in [4.78, 5) is 0. The summed E-state index contributed by atoms with van der Waals surface area (Å²) in [5.74, 6) is 0. The molecule has 1 saturated carbocycles. The van der Waals surface area contributed by atoms with Gasteiger partial charge < -0.3 is 0 Å². The smallest absolute Gasteiger partial charge is 0.273 e. The molecule has 0 aromatic heterocycles. The molecule has 0 radical (unpaired) electrons. The molecule has 14 heavy (non-hydrogen) atoms. The molecule has 0 aromatic rings. The van der Waals surface area contributed by atoms with Crippen LogP contribution in [0.2, 0.25) is 0 Å². The van der Waals surface area contributed by atoms with E-state index >= 15 is 0 Å². The molecule has 1 aliphatic carbocycles. The zero-order chi connectivity index (χ0) is 10.4. The molecule has 0 aromatic carbocycles. The summed E-state index contributed by atoms with van der Waals surface area (Å²) in [5.41, 5.74) is 0. The van der Waals surface area contributed by atoms with Gasteiger partial charge in [-0.3, -0.25) is 4.55 Å². The molecule has 84 valence electrons. The van der Waals surface area contributed by atoms with E-state index in [-0.39, 0.29) is 6.04 Å². The van der Waals surface area contributed by atoms with Crippen molar-refractivity contribution < 1.29 is 13.0 Å². The first-order chi connectivity index (χ1) is 6.58. The van der Waals surface area contributed by atoms with E-state index in [1.54, 1.807) is 0 Å². The molecule has 5 heteroatoms. The summed E-state index contributed by atoms with van der Waals surface area (Å²) in [7, 11) is -4.01. The number of rotatable bonds is 2. The minimum atomic E-state index is -4.01. The molecule has 0 atom stereocenters. The second-order valence-electron chi connectivity index (χ2n) is 3.99. The summed E-state index contributed by atoms with van der Waals surface area (Å²) in [6.07, 6.45) is 8.63. The van der Waals surface area contributed by atoms with Crippen molar-refractivity contribution in [3.05, 3.63) is 0 Å². The van der Waals surface area contributed by atoms with E-state index in [1.165, 1.54) is 25.7 Å². The Morgan fingerprint density at radius 3 is 1.79 bits per heavy atom. The van der Waals surface area contributed by atoms with Gasteiger partial charge in [-0.2, -0.15) is 13.1 Å². The van der Waals surface area contributed by atoms with Crippen LogP contribution in [0, 0.1) is 0 Å². The maximum absolute atomic E-state index is 10.6. The Labute approximate surface area is 86.0 Å². The Kier molecular flexibility index (Phi) is 4.84. The van der Waals surface area contributed by atoms with Crippen LogP contribution >= 0.6 is 0 Å². The Morgan fingerprint density at radius 1 is 0.929 bits per heavy atom. The minimum absolute atomic E-state index is 0.0666. The average molecular weight is 221 g/mol. The molecule has 4 nitrogen and oxygen atoms in total. The van der Waals surface area contributed by atoms with E-state index in [2.05, 4.69) is 4.72 Å². The average Bonchev–Trinajstić information content (AvgIpc) is 2.15. The van der Waals surface area contributed by atoms with E-state index in [4.69, 9.17) is 4.55 Å². The zero-order valence-corrected chi connectivity index (χ0v) is 9.22. The SMILES string of the molecule is O=S(=O)(O)NC1CCCCCCCC1. The Hall–Kier alpha value is -0.130. The van der Waals surface area contributed by atoms with E-state index in [1.807, 2.05) is 0 Å². The fraction of sp³-hybridized carbons (Fsp3) is 1.00. The molecule has 1 fully saturated rings. The van der Waals surface area contributed by atoms with Crippen LogP contribution < -0.4 is 4.72 Å². The van der Waals surface area contributed by atoms with Crippen molar-refractivity contribution in [3.8, 4) is 0 Å². The fourth-order valence-corrected chi connectivity index (χ4v) is 2.62. The summed E-state index contributed by atoms with van der Waals surface area (Å²) >= 11 is 0. The van der Waals surface area contributed by atoms with Crippen LogP contribution in [0.3, 0.4) is 0 Å². The molecule has 0 aliphatic heterocycles. The predicted molar refractivity (Wildman–Crippen MR) is 55.4 cm³/mol.